The third-order valence-electron chi connectivity index (χ3n) is 4.88. The van der Waals surface area contributed by atoms with Crippen LogP contribution in [0.15, 0.2) is 53.7 Å². The number of piperazine rings is 1. The summed E-state index contributed by atoms with van der Waals surface area (Å²) >= 11 is 0. The van der Waals surface area contributed by atoms with Gasteiger partial charge in [-0.05, 0) is 30.3 Å². The van der Waals surface area contributed by atoms with Crippen LogP contribution in [0, 0.1) is 10.1 Å². The van der Waals surface area contributed by atoms with Gasteiger partial charge in [-0.2, -0.15) is 4.31 Å². The Morgan fingerprint density at radius 2 is 1.76 bits per heavy atom. The fourth-order valence-electron chi connectivity index (χ4n) is 3.27. The lowest BCUT2D eigenvalue weighted by molar-refractivity contribution is -0.384. The first kappa shape index (κ1) is 19.0. The lowest BCUT2D eigenvalue weighted by Gasteiger charge is -2.34. The standard InChI is InChI=1S/C18H17N5O5S/c24-18(13-1-6-16-17(11-13)20-12-19-16)21-7-9-22(10-8-21)29(27,28)15-4-2-14(3-5-15)23(25)26/h1-6,11-12H,7-10H2,(H,19,20). The SMILES string of the molecule is O=C(c1ccc2nc[nH]c2c1)N1CCN(S(=O)(=O)c2ccc([N+](=O)[O-])cc2)CC1. The molecular formula is C18H17N5O5S. The summed E-state index contributed by atoms with van der Waals surface area (Å²) in [5.74, 6) is -0.172. The Kier molecular flexibility index (Phi) is 4.76. The number of non-ortho nitro benzene ring substituents is 1. The summed E-state index contributed by atoms with van der Waals surface area (Å²) in [4.78, 5) is 31.6. The third kappa shape index (κ3) is 3.57. The topological polar surface area (TPSA) is 130 Å². The number of sulfonamides is 1. The highest BCUT2D eigenvalue weighted by Gasteiger charge is 2.30. The molecule has 0 atom stereocenters. The number of nitrogens with one attached hydrogen (secondary N) is 1. The Hall–Kier alpha value is -3.31. The van der Waals surface area contributed by atoms with Crippen molar-refractivity contribution in [2.75, 3.05) is 26.2 Å². The molecule has 0 aliphatic carbocycles. The molecule has 1 amide bonds. The number of aromatic amines is 1. The van der Waals surface area contributed by atoms with Crippen LogP contribution in [0.4, 0.5) is 5.69 Å². The summed E-state index contributed by atoms with van der Waals surface area (Å²) in [6.07, 6.45) is 1.56. The van der Waals surface area contributed by atoms with Crippen molar-refractivity contribution in [3.05, 3.63) is 64.5 Å². The van der Waals surface area contributed by atoms with Gasteiger partial charge in [0.05, 0.1) is 27.2 Å². The van der Waals surface area contributed by atoms with E-state index >= 15 is 0 Å². The smallest absolute Gasteiger partial charge is 0.269 e. The van der Waals surface area contributed by atoms with Crippen molar-refractivity contribution in [2.24, 2.45) is 0 Å². The number of carbonyl (C=O) groups is 1. The fourth-order valence-corrected chi connectivity index (χ4v) is 4.69. The second-order valence-electron chi connectivity index (χ2n) is 6.58. The van der Waals surface area contributed by atoms with Gasteiger partial charge in [0.25, 0.3) is 11.6 Å². The van der Waals surface area contributed by atoms with Crippen LogP contribution in [0.5, 0.6) is 0 Å². The third-order valence-corrected chi connectivity index (χ3v) is 6.79. The summed E-state index contributed by atoms with van der Waals surface area (Å²) in [7, 11) is -3.78. The Morgan fingerprint density at radius 3 is 2.41 bits per heavy atom. The van der Waals surface area contributed by atoms with Crippen molar-refractivity contribution in [2.45, 2.75) is 4.90 Å². The molecule has 10 nitrogen and oxygen atoms in total. The zero-order valence-corrected chi connectivity index (χ0v) is 16.0. The fraction of sp³-hybridized carbons (Fsp3) is 0.222. The van der Waals surface area contributed by atoms with Crippen molar-refractivity contribution in [3.8, 4) is 0 Å². The van der Waals surface area contributed by atoms with E-state index in [0.29, 0.717) is 5.56 Å². The summed E-state index contributed by atoms with van der Waals surface area (Å²) in [6, 6.07) is 9.97. The first-order valence-electron chi connectivity index (χ1n) is 8.83. The Labute approximate surface area is 166 Å². The van der Waals surface area contributed by atoms with Crippen LogP contribution in [-0.4, -0.2) is 64.6 Å². The van der Waals surface area contributed by atoms with Gasteiger partial charge in [-0.3, -0.25) is 14.9 Å². The normalized spacial score (nSPS) is 15.5. The number of H-pyrrole nitrogens is 1. The van der Waals surface area contributed by atoms with E-state index in [1.807, 2.05) is 0 Å². The van der Waals surface area contributed by atoms with Gasteiger partial charge < -0.3 is 9.88 Å². The molecule has 0 unspecified atom stereocenters. The molecule has 1 aliphatic heterocycles. The first-order chi connectivity index (χ1) is 13.9. The van der Waals surface area contributed by atoms with Crippen molar-refractivity contribution < 1.29 is 18.1 Å². The van der Waals surface area contributed by atoms with E-state index in [4.69, 9.17) is 0 Å². The molecule has 2 aromatic carbocycles. The number of amides is 1. The van der Waals surface area contributed by atoms with Gasteiger partial charge in [-0.1, -0.05) is 0 Å². The van der Waals surface area contributed by atoms with E-state index in [0.717, 1.165) is 23.2 Å². The highest BCUT2D eigenvalue weighted by molar-refractivity contribution is 7.89. The van der Waals surface area contributed by atoms with E-state index in [1.54, 1.807) is 29.4 Å². The van der Waals surface area contributed by atoms with Gasteiger partial charge >= 0.3 is 0 Å². The second-order valence-corrected chi connectivity index (χ2v) is 8.52. The minimum Gasteiger partial charge on any atom is -0.345 e. The maximum Gasteiger partial charge on any atom is 0.269 e. The van der Waals surface area contributed by atoms with Gasteiger partial charge in [0, 0.05) is 43.9 Å². The molecular weight excluding hydrogens is 398 g/mol. The molecule has 29 heavy (non-hydrogen) atoms. The highest BCUT2D eigenvalue weighted by Crippen LogP contribution is 2.21. The molecule has 1 saturated heterocycles. The monoisotopic (exact) mass is 415 g/mol. The zero-order valence-electron chi connectivity index (χ0n) is 15.2. The van der Waals surface area contributed by atoms with Crippen molar-refractivity contribution in [1.82, 2.24) is 19.2 Å². The molecule has 2 heterocycles. The quantitative estimate of drug-likeness (QED) is 0.509. The molecule has 150 valence electrons. The minimum atomic E-state index is -3.78. The van der Waals surface area contributed by atoms with Crippen molar-refractivity contribution in [3.63, 3.8) is 0 Å². The van der Waals surface area contributed by atoms with E-state index in [-0.39, 0.29) is 42.7 Å². The molecule has 4 rings (SSSR count). The number of imidazole rings is 1. The predicted octanol–water partition coefficient (Wildman–Crippen LogP) is 1.62. The van der Waals surface area contributed by atoms with Crippen LogP contribution in [0.2, 0.25) is 0 Å². The molecule has 0 saturated carbocycles. The highest BCUT2D eigenvalue weighted by atomic mass is 32.2. The van der Waals surface area contributed by atoms with Crippen LogP contribution in [0.3, 0.4) is 0 Å². The Bertz CT molecular complexity index is 1180. The summed E-state index contributed by atoms with van der Waals surface area (Å²) in [5, 5.41) is 10.7. The molecule has 1 fully saturated rings. The van der Waals surface area contributed by atoms with Crippen molar-refractivity contribution >= 4 is 32.7 Å². The molecule has 0 spiro atoms. The average Bonchev–Trinajstić information content (AvgIpc) is 3.21. The van der Waals surface area contributed by atoms with E-state index < -0.39 is 14.9 Å². The summed E-state index contributed by atoms with van der Waals surface area (Å²) in [6.45, 7) is 0.812. The molecule has 11 heteroatoms. The maximum absolute atomic E-state index is 12.8. The van der Waals surface area contributed by atoms with Gasteiger partial charge in [0.1, 0.15) is 0 Å². The lowest BCUT2D eigenvalue weighted by atomic mass is 10.1. The molecule has 1 N–H and O–H groups in total. The molecule has 3 aromatic rings. The lowest BCUT2D eigenvalue weighted by Crippen LogP contribution is -2.50. The van der Waals surface area contributed by atoms with Crippen LogP contribution in [0.25, 0.3) is 11.0 Å². The molecule has 0 bridgehead atoms. The van der Waals surface area contributed by atoms with Crippen LogP contribution >= 0.6 is 0 Å². The predicted molar refractivity (Wildman–Crippen MR) is 104 cm³/mol. The number of nitrogens with zero attached hydrogens (tertiary/aromatic N) is 4. The van der Waals surface area contributed by atoms with Gasteiger partial charge in [0.2, 0.25) is 10.0 Å². The van der Waals surface area contributed by atoms with Crippen LogP contribution < -0.4 is 0 Å². The number of nitro benzene ring substituents is 1. The summed E-state index contributed by atoms with van der Waals surface area (Å²) in [5.41, 5.74) is 1.86. The zero-order chi connectivity index (χ0) is 20.6. The second kappa shape index (κ2) is 7.26. The number of carbonyl (C=O) groups excluding carboxylic acids is 1. The minimum absolute atomic E-state index is 0.00688. The van der Waals surface area contributed by atoms with Crippen LogP contribution in [-0.2, 0) is 10.0 Å². The number of hydrogen-bond donors (Lipinski definition) is 1. The van der Waals surface area contributed by atoms with Gasteiger partial charge in [0.15, 0.2) is 0 Å². The number of aromatic nitrogens is 2. The average molecular weight is 415 g/mol. The Balaban J connectivity index is 1.45. The first-order valence-corrected chi connectivity index (χ1v) is 10.3. The Morgan fingerprint density at radius 1 is 1.07 bits per heavy atom. The largest absolute Gasteiger partial charge is 0.345 e. The number of nitro groups is 1. The maximum atomic E-state index is 12.8. The number of fused-ring (bicyclic) bond motifs is 1. The van der Waals surface area contributed by atoms with E-state index in [2.05, 4.69) is 9.97 Å². The van der Waals surface area contributed by atoms with E-state index in [9.17, 15) is 23.3 Å². The molecule has 1 aromatic heterocycles. The number of benzene rings is 2. The summed E-state index contributed by atoms with van der Waals surface area (Å²) < 4.78 is 26.8. The van der Waals surface area contributed by atoms with Gasteiger partial charge in [-0.25, -0.2) is 13.4 Å². The van der Waals surface area contributed by atoms with Gasteiger partial charge in [-0.15, -0.1) is 0 Å². The molecule has 0 radical (unpaired) electrons. The van der Waals surface area contributed by atoms with Crippen molar-refractivity contribution in [1.29, 1.82) is 0 Å². The molecule has 1 aliphatic rings. The van der Waals surface area contributed by atoms with E-state index in [1.165, 1.54) is 16.4 Å². The van der Waals surface area contributed by atoms with Crippen LogP contribution in [0.1, 0.15) is 10.4 Å². The number of rotatable bonds is 4. The number of hydrogen-bond acceptors (Lipinski definition) is 6.